The number of phenolic OH excluding ortho intramolecular Hbond substituents is 1. The zero-order chi connectivity index (χ0) is 29.6. The summed E-state index contributed by atoms with van der Waals surface area (Å²) >= 11 is 7.03. The van der Waals surface area contributed by atoms with Gasteiger partial charge in [0.1, 0.15) is 17.4 Å². The second-order valence-corrected chi connectivity index (χ2v) is 10.8. The van der Waals surface area contributed by atoms with Gasteiger partial charge in [-0.15, -0.1) is 0 Å². The molecule has 11 heteroatoms. The number of anilines is 1. The molecule has 0 saturated carbocycles. The van der Waals surface area contributed by atoms with Gasteiger partial charge in [-0.2, -0.15) is 4.98 Å². The fourth-order valence-electron chi connectivity index (χ4n) is 5.39. The minimum Gasteiger partial charge on any atom is -0.507 e. The minimum absolute atomic E-state index is 0.0119. The van der Waals surface area contributed by atoms with Crippen molar-refractivity contribution in [3.05, 3.63) is 81.9 Å². The normalized spacial score (nSPS) is 15.5. The van der Waals surface area contributed by atoms with Crippen LogP contribution in [-0.4, -0.2) is 61.1 Å². The quantitative estimate of drug-likeness (QED) is 0.334. The first-order valence-corrected chi connectivity index (χ1v) is 13.7. The Bertz CT molecular complexity index is 1730. The van der Waals surface area contributed by atoms with E-state index in [-0.39, 0.29) is 45.4 Å². The Morgan fingerprint density at radius 2 is 2.00 bits per heavy atom. The Morgan fingerprint density at radius 3 is 2.66 bits per heavy atom. The molecule has 1 atom stereocenters. The fourth-order valence-corrected chi connectivity index (χ4v) is 5.72. The minimum atomic E-state index is -0.709. The lowest BCUT2D eigenvalue weighted by Crippen LogP contribution is -2.54. The summed E-state index contributed by atoms with van der Waals surface area (Å²) in [6.45, 7) is 12.5. The topological polar surface area (TPSA) is 104 Å². The second-order valence-electron chi connectivity index (χ2n) is 10.4. The van der Waals surface area contributed by atoms with E-state index in [2.05, 4.69) is 21.5 Å². The van der Waals surface area contributed by atoms with Gasteiger partial charge in [-0.05, 0) is 49.6 Å². The van der Waals surface area contributed by atoms with Crippen LogP contribution in [0.2, 0.25) is 5.02 Å². The number of aromatic nitrogens is 4. The van der Waals surface area contributed by atoms with Crippen molar-refractivity contribution in [1.82, 2.24) is 24.4 Å². The van der Waals surface area contributed by atoms with Crippen molar-refractivity contribution >= 4 is 34.2 Å². The maximum atomic E-state index is 15.0. The molecule has 1 N–H and O–H groups in total. The SMILES string of the molecule is C=CC(=O)N1CCN(c2nc(=O)n(-c3c(C)ccnc3C(C)C)c3c(Cl)c(-c4c(O)cccc4F)ncc23)C(C)C1. The van der Waals surface area contributed by atoms with Crippen molar-refractivity contribution in [2.75, 3.05) is 24.5 Å². The third-order valence-corrected chi connectivity index (χ3v) is 7.75. The largest absolute Gasteiger partial charge is 0.507 e. The molecule has 0 radical (unpaired) electrons. The number of piperazine rings is 1. The Labute approximate surface area is 241 Å². The van der Waals surface area contributed by atoms with Crippen LogP contribution in [0.4, 0.5) is 10.2 Å². The Balaban J connectivity index is 1.84. The van der Waals surface area contributed by atoms with Crippen LogP contribution < -0.4 is 10.6 Å². The molecule has 5 rings (SSSR count). The first-order chi connectivity index (χ1) is 19.5. The van der Waals surface area contributed by atoms with Crippen LogP contribution in [0.15, 0.2) is 54.1 Å². The van der Waals surface area contributed by atoms with E-state index >= 15 is 4.39 Å². The lowest BCUT2D eigenvalue weighted by Gasteiger charge is -2.40. The fraction of sp³-hybridized carbons (Fsp3) is 0.300. The molecule has 0 bridgehead atoms. The predicted molar refractivity (Wildman–Crippen MR) is 157 cm³/mol. The van der Waals surface area contributed by atoms with Gasteiger partial charge in [0.15, 0.2) is 0 Å². The standard InChI is InChI=1S/C30H30ClFN6O3/c1-6-22(40)36-12-13-37(18(5)15-36)29-19-14-34-26(23-20(32)8-7-9-21(23)39)24(31)28(19)38(30(41)35-29)27-17(4)10-11-33-25(27)16(2)3/h6-11,14,16,18,39H,1,12-13,15H2,2-5H3. The summed E-state index contributed by atoms with van der Waals surface area (Å²) in [5.74, 6) is -0.904. The number of carbonyl (C=O) groups excluding carboxylic acids is 1. The van der Waals surface area contributed by atoms with Crippen LogP contribution in [0.5, 0.6) is 5.75 Å². The highest BCUT2D eigenvalue weighted by atomic mass is 35.5. The number of halogens is 2. The number of hydrogen-bond donors (Lipinski definition) is 1. The molecule has 0 aliphatic carbocycles. The number of aromatic hydroxyl groups is 1. The summed E-state index contributed by atoms with van der Waals surface area (Å²) in [7, 11) is 0. The zero-order valence-electron chi connectivity index (χ0n) is 23.2. The molecule has 1 aliphatic heterocycles. The van der Waals surface area contributed by atoms with Crippen LogP contribution >= 0.6 is 11.6 Å². The van der Waals surface area contributed by atoms with E-state index in [1.54, 1.807) is 17.2 Å². The highest BCUT2D eigenvalue weighted by Crippen LogP contribution is 2.41. The zero-order valence-corrected chi connectivity index (χ0v) is 24.0. The number of aryl methyl sites for hydroxylation is 1. The van der Waals surface area contributed by atoms with Gasteiger partial charge in [0.2, 0.25) is 5.91 Å². The van der Waals surface area contributed by atoms with Gasteiger partial charge < -0.3 is 14.9 Å². The number of benzene rings is 1. The van der Waals surface area contributed by atoms with E-state index < -0.39 is 11.5 Å². The third kappa shape index (κ3) is 4.82. The number of fused-ring (bicyclic) bond motifs is 1. The van der Waals surface area contributed by atoms with Crippen LogP contribution in [0.3, 0.4) is 0 Å². The third-order valence-electron chi connectivity index (χ3n) is 7.39. The molecule has 9 nitrogen and oxygen atoms in total. The second kappa shape index (κ2) is 10.9. The molecule has 212 valence electrons. The number of carbonyl (C=O) groups is 1. The molecule has 41 heavy (non-hydrogen) atoms. The molecular formula is C30H30ClFN6O3. The molecule has 1 aromatic carbocycles. The molecule has 1 saturated heterocycles. The van der Waals surface area contributed by atoms with E-state index in [0.29, 0.717) is 42.2 Å². The summed E-state index contributed by atoms with van der Waals surface area (Å²) in [6, 6.07) is 5.53. The number of hydrogen-bond acceptors (Lipinski definition) is 7. The number of phenols is 1. The van der Waals surface area contributed by atoms with Crippen molar-refractivity contribution in [1.29, 1.82) is 0 Å². The highest BCUT2D eigenvalue weighted by molar-refractivity contribution is 6.38. The number of pyridine rings is 2. The molecule has 3 aromatic heterocycles. The van der Waals surface area contributed by atoms with Gasteiger partial charge in [0, 0.05) is 38.1 Å². The van der Waals surface area contributed by atoms with Gasteiger partial charge in [0.25, 0.3) is 0 Å². The molecule has 1 amide bonds. The lowest BCUT2D eigenvalue weighted by atomic mass is 10.0. The van der Waals surface area contributed by atoms with Gasteiger partial charge in [-0.25, -0.2) is 9.18 Å². The van der Waals surface area contributed by atoms with Crippen molar-refractivity contribution in [3.8, 4) is 22.7 Å². The Kier molecular flexibility index (Phi) is 7.52. The molecule has 4 heterocycles. The monoisotopic (exact) mass is 576 g/mol. The highest BCUT2D eigenvalue weighted by Gasteiger charge is 2.31. The van der Waals surface area contributed by atoms with Crippen LogP contribution in [0, 0.1) is 12.7 Å². The maximum absolute atomic E-state index is 15.0. The van der Waals surface area contributed by atoms with Crippen molar-refractivity contribution < 1.29 is 14.3 Å². The predicted octanol–water partition coefficient (Wildman–Crippen LogP) is 5.00. The molecule has 1 aliphatic rings. The van der Waals surface area contributed by atoms with Gasteiger partial charge in [-0.3, -0.25) is 19.3 Å². The summed E-state index contributed by atoms with van der Waals surface area (Å²) in [4.78, 5) is 43.4. The number of rotatable bonds is 5. The summed E-state index contributed by atoms with van der Waals surface area (Å²) in [5, 5.41) is 11.0. The van der Waals surface area contributed by atoms with E-state index in [1.165, 1.54) is 35.0 Å². The van der Waals surface area contributed by atoms with Crippen molar-refractivity contribution in [3.63, 3.8) is 0 Å². The maximum Gasteiger partial charge on any atom is 0.354 e. The van der Waals surface area contributed by atoms with Crippen molar-refractivity contribution in [2.45, 2.75) is 39.7 Å². The van der Waals surface area contributed by atoms with Crippen LogP contribution in [0.1, 0.15) is 37.9 Å². The smallest absolute Gasteiger partial charge is 0.354 e. The number of amides is 1. The van der Waals surface area contributed by atoms with Gasteiger partial charge in [0.05, 0.1) is 38.6 Å². The molecule has 1 unspecified atom stereocenters. The van der Waals surface area contributed by atoms with Crippen LogP contribution in [0.25, 0.3) is 27.8 Å². The summed E-state index contributed by atoms with van der Waals surface area (Å²) in [6.07, 6.45) is 4.46. The summed E-state index contributed by atoms with van der Waals surface area (Å²) in [5.41, 5.74) is 1.45. The average Bonchev–Trinajstić information content (AvgIpc) is 2.93. The first-order valence-electron chi connectivity index (χ1n) is 13.3. The number of nitrogens with zero attached hydrogens (tertiary/aromatic N) is 6. The molecule has 4 aromatic rings. The van der Waals surface area contributed by atoms with Crippen molar-refractivity contribution in [2.24, 2.45) is 0 Å². The van der Waals surface area contributed by atoms with E-state index in [4.69, 9.17) is 11.6 Å². The Morgan fingerprint density at radius 1 is 1.24 bits per heavy atom. The molecule has 0 spiro atoms. The lowest BCUT2D eigenvalue weighted by molar-refractivity contribution is -0.126. The van der Waals surface area contributed by atoms with E-state index in [0.717, 1.165) is 5.56 Å². The molecule has 1 fully saturated rings. The molecular weight excluding hydrogens is 547 g/mol. The Hall–Kier alpha value is -4.31. The first kappa shape index (κ1) is 28.2. The van der Waals surface area contributed by atoms with Gasteiger partial charge >= 0.3 is 5.69 Å². The summed E-state index contributed by atoms with van der Waals surface area (Å²) < 4.78 is 16.4. The van der Waals surface area contributed by atoms with E-state index in [1.807, 2.05) is 32.6 Å². The van der Waals surface area contributed by atoms with E-state index in [9.17, 15) is 14.7 Å². The van der Waals surface area contributed by atoms with Gasteiger partial charge in [-0.1, -0.05) is 38.1 Å². The average molecular weight is 577 g/mol. The van der Waals surface area contributed by atoms with Crippen LogP contribution in [-0.2, 0) is 4.79 Å².